The fourth-order valence-electron chi connectivity index (χ4n) is 3.29. The second-order valence-electron chi connectivity index (χ2n) is 5.97. The van der Waals surface area contributed by atoms with Gasteiger partial charge in [0.2, 0.25) is 0 Å². The third-order valence-electron chi connectivity index (χ3n) is 4.19. The maximum absolute atomic E-state index is 10.7. The summed E-state index contributed by atoms with van der Waals surface area (Å²) in [6.45, 7) is 4.20. The molecule has 0 aliphatic heterocycles. The number of aliphatic hydroxyl groups is 1. The second kappa shape index (κ2) is 4.50. The molecule has 0 fully saturated rings. The van der Waals surface area contributed by atoms with E-state index < -0.39 is 5.60 Å². The van der Waals surface area contributed by atoms with Gasteiger partial charge in [0.25, 0.3) is 0 Å². The summed E-state index contributed by atoms with van der Waals surface area (Å²) in [5.74, 6) is 0.392. The Morgan fingerprint density at radius 3 is 1.79 bits per heavy atom. The molecule has 0 unspecified atom stereocenters. The summed E-state index contributed by atoms with van der Waals surface area (Å²) in [7, 11) is 0. The molecule has 2 aromatic rings. The van der Waals surface area contributed by atoms with E-state index in [1.165, 1.54) is 22.3 Å². The average Bonchev–Trinajstić information content (AvgIpc) is 2.37. The molecule has 1 aliphatic rings. The summed E-state index contributed by atoms with van der Waals surface area (Å²) in [5.41, 5.74) is 4.56. The van der Waals surface area contributed by atoms with Crippen LogP contribution in [0.15, 0.2) is 48.5 Å². The van der Waals surface area contributed by atoms with Crippen molar-refractivity contribution in [2.45, 2.75) is 38.2 Å². The van der Waals surface area contributed by atoms with Gasteiger partial charge in [-0.05, 0) is 29.2 Å². The molecule has 0 spiro atoms. The molecule has 19 heavy (non-hydrogen) atoms. The van der Waals surface area contributed by atoms with Gasteiger partial charge in [-0.1, -0.05) is 55.5 Å². The van der Waals surface area contributed by atoms with Gasteiger partial charge in [-0.15, -0.1) is 0 Å². The third kappa shape index (κ3) is 2.31. The first-order valence-corrected chi connectivity index (χ1v) is 6.95. The van der Waals surface area contributed by atoms with Crippen LogP contribution in [0.1, 0.15) is 42.0 Å². The number of rotatable bonds is 0. The van der Waals surface area contributed by atoms with Gasteiger partial charge >= 0.3 is 0 Å². The Hall–Kier alpha value is -1.60. The zero-order valence-electron chi connectivity index (χ0n) is 11.6. The fraction of sp³-hybridized carbons (Fsp3) is 0.333. The predicted octanol–water partition coefficient (Wildman–Crippen LogP) is 3.69. The summed E-state index contributed by atoms with van der Waals surface area (Å²) in [6, 6.07) is 17.0. The van der Waals surface area contributed by atoms with Crippen LogP contribution in [0.25, 0.3) is 0 Å². The Labute approximate surface area is 114 Å². The van der Waals surface area contributed by atoms with E-state index in [-0.39, 0.29) is 0 Å². The molecule has 3 rings (SSSR count). The lowest BCUT2D eigenvalue weighted by molar-refractivity contribution is 0.0597. The van der Waals surface area contributed by atoms with Gasteiger partial charge in [0.1, 0.15) is 0 Å². The minimum absolute atomic E-state index is 0.392. The summed E-state index contributed by atoms with van der Waals surface area (Å²) >= 11 is 0. The van der Waals surface area contributed by atoms with Crippen molar-refractivity contribution in [2.24, 2.45) is 0 Å². The molecule has 0 radical (unpaired) electrons. The Kier molecular flexibility index (Phi) is 2.94. The van der Waals surface area contributed by atoms with Crippen LogP contribution in [0, 0.1) is 0 Å². The topological polar surface area (TPSA) is 20.2 Å². The van der Waals surface area contributed by atoms with Crippen molar-refractivity contribution in [3.05, 3.63) is 70.8 Å². The molecule has 2 aromatic carbocycles. The van der Waals surface area contributed by atoms with Gasteiger partial charge in [-0.2, -0.15) is 0 Å². The quantitative estimate of drug-likeness (QED) is 0.758. The zero-order chi connectivity index (χ0) is 13.5. The molecule has 1 aliphatic carbocycles. The van der Waals surface area contributed by atoms with Crippen molar-refractivity contribution in [2.75, 3.05) is 0 Å². The van der Waals surface area contributed by atoms with Gasteiger partial charge < -0.3 is 5.11 Å². The van der Waals surface area contributed by atoms with Crippen LogP contribution in [-0.2, 0) is 12.8 Å². The molecule has 0 bridgehead atoms. The first-order valence-electron chi connectivity index (χ1n) is 6.95. The minimum Gasteiger partial charge on any atom is -0.389 e. The molecule has 0 atom stereocenters. The van der Waals surface area contributed by atoms with Crippen LogP contribution in [0.5, 0.6) is 0 Å². The molecule has 1 heteroatoms. The van der Waals surface area contributed by atoms with Gasteiger partial charge in [0, 0.05) is 18.8 Å². The second-order valence-corrected chi connectivity index (χ2v) is 5.97. The van der Waals surface area contributed by atoms with Crippen LogP contribution >= 0.6 is 0 Å². The summed E-state index contributed by atoms with van der Waals surface area (Å²) in [4.78, 5) is 0. The van der Waals surface area contributed by atoms with Crippen molar-refractivity contribution < 1.29 is 5.11 Å². The minimum atomic E-state index is -0.674. The highest BCUT2D eigenvalue weighted by molar-refractivity contribution is 5.43. The first kappa shape index (κ1) is 12.4. The molecule has 0 aromatic heterocycles. The number of benzene rings is 2. The highest BCUT2D eigenvalue weighted by Crippen LogP contribution is 2.35. The van der Waals surface area contributed by atoms with E-state index in [4.69, 9.17) is 0 Å². The maximum atomic E-state index is 10.7. The molecule has 1 N–H and O–H groups in total. The molecule has 98 valence electrons. The lowest BCUT2D eigenvalue weighted by atomic mass is 9.77. The molecule has 1 nitrogen and oxygen atoms in total. The van der Waals surface area contributed by atoms with Crippen molar-refractivity contribution in [1.29, 1.82) is 0 Å². The Morgan fingerprint density at radius 2 is 1.32 bits per heavy atom. The standard InChI is InChI=1S/C18H20O/c1-13-16-9-5-3-7-14(16)11-18(2,19)12-15-8-4-6-10-17(13)15/h3-10,13,19H,11-12H2,1-2H3. The maximum Gasteiger partial charge on any atom is 0.0700 e. The van der Waals surface area contributed by atoms with Gasteiger partial charge in [-0.3, -0.25) is 0 Å². The molecule has 0 heterocycles. The summed E-state index contributed by atoms with van der Waals surface area (Å²) in [6.07, 6.45) is 1.45. The third-order valence-corrected chi connectivity index (χ3v) is 4.19. The van der Waals surface area contributed by atoms with Crippen molar-refractivity contribution in [1.82, 2.24) is 0 Å². The lowest BCUT2D eigenvalue weighted by Crippen LogP contribution is -2.32. The zero-order valence-corrected chi connectivity index (χ0v) is 11.6. The van der Waals surface area contributed by atoms with Crippen LogP contribution in [-0.4, -0.2) is 10.7 Å². The van der Waals surface area contributed by atoms with E-state index >= 15 is 0 Å². The summed E-state index contributed by atoms with van der Waals surface area (Å²) < 4.78 is 0. The molecule has 0 amide bonds. The smallest absolute Gasteiger partial charge is 0.0700 e. The van der Waals surface area contributed by atoms with E-state index in [0.29, 0.717) is 5.92 Å². The Bertz CT molecular complexity index is 547. The first-order chi connectivity index (χ1) is 9.07. The van der Waals surface area contributed by atoms with Crippen LogP contribution < -0.4 is 0 Å². The lowest BCUT2D eigenvalue weighted by Gasteiger charge is -2.31. The highest BCUT2D eigenvalue weighted by atomic mass is 16.3. The van der Waals surface area contributed by atoms with Crippen molar-refractivity contribution >= 4 is 0 Å². The van der Waals surface area contributed by atoms with E-state index in [1.54, 1.807) is 0 Å². The Morgan fingerprint density at radius 1 is 0.895 bits per heavy atom. The van der Waals surface area contributed by atoms with E-state index in [1.807, 2.05) is 6.92 Å². The number of hydrogen-bond donors (Lipinski definition) is 1. The fourth-order valence-corrected chi connectivity index (χ4v) is 3.29. The number of fused-ring (bicyclic) bond motifs is 2. The van der Waals surface area contributed by atoms with Crippen molar-refractivity contribution in [3.63, 3.8) is 0 Å². The van der Waals surface area contributed by atoms with E-state index in [2.05, 4.69) is 55.5 Å². The van der Waals surface area contributed by atoms with E-state index in [0.717, 1.165) is 12.8 Å². The van der Waals surface area contributed by atoms with E-state index in [9.17, 15) is 5.11 Å². The van der Waals surface area contributed by atoms with Gasteiger partial charge in [0.05, 0.1) is 5.60 Å². The van der Waals surface area contributed by atoms with Crippen LogP contribution in [0.2, 0.25) is 0 Å². The predicted molar refractivity (Wildman–Crippen MR) is 78.4 cm³/mol. The molecular weight excluding hydrogens is 232 g/mol. The SMILES string of the molecule is CC1c2ccccc2CC(C)(O)Cc2ccccc21. The van der Waals surface area contributed by atoms with Gasteiger partial charge in [-0.25, -0.2) is 0 Å². The normalized spacial score (nSPS) is 25.9. The van der Waals surface area contributed by atoms with Crippen LogP contribution in [0.4, 0.5) is 0 Å². The van der Waals surface area contributed by atoms with Crippen LogP contribution in [0.3, 0.4) is 0 Å². The average molecular weight is 252 g/mol. The summed E-state index contributed by atoms with van der Waals surface area (Å²) in [5, 5.41) is 10.7. The Balaban J connectivity index is 2.21. The highest BCUT2D eigenvalue weighted by Gasteiger charge is 2.28. The largest absolute Gasteiger partial charge is 0.389 e. The molecule has 0 saturated heterocycles. The van der Waals surface area contributed by atoms with Gasteiger partial charge in [0.15, 0.2) is 0 Å². The number of hydrogen-bond acceptors (Lipinski definition) is 1. The molecule has 0 saturated carbocycles. The van der Waals surface area contributed by atoms with Crippen molar-refractivity contribution in [3.8, 4) is 0 Å². The molecular formula is C18H20O. The monoisotopic (exact) mass is 252 g/mol.